The van der Waals surface area contributed by atoms with Crippen LogP contribution in [0.2, 0.25) is 0 Å². The van der Waals surface area contributed by atoms with Gasteiger partial charge in [0.1, 0.15) is 11.5 Å². The van der Waals surface area contributed by atoms with Crippen LogP contribution in [0.3, 0.4) is 0 Å². The van der Waals surface area contributed by atoms with Crippen LogP contribution in [0.15, 0.2) is 53.7 Å². The first-order valence-electron chi connectivity index (χ1n) is 9.45. The highest BCUT2D eigenvalue weighted by molar-refractivity contribution is 6.01. The minimum Gasteiger partial charge on any atom is -0.497 e. The van der Waals surface area contributed by atoms with E-state index < -0.39 is 0 Å². The molecule has 0 aromatic heterocycles. The molecule has 1 atom stereocenters. The molecule has 0 bridgehead atoms. The second kappa shape index (κ2) is 9.26. The van der Waals surface area contributed by atoms with Crippen LogP contribution in [-0.4, -0.2) is 49.9 Å². The second-order valence-corrected chi connectivity index (χ2v) is 6.68. The van der Waals surface area contributed by atoms with E-state index in [0.29, 0.717) is 25.1 Å². The van der Waals surface area contributed by atoms with E-state index in [1.54, 1.807) is 38.5 Å². The van der Waals surface area contributed by atoms with Gasteiger partial charge >= 0.3 is 0 Å². The van der Waals surface area contributed by atoms with Gasteiger partial charge < -0.3 is 19.2 Å². The Balaban J connectivity index is 1.63. The Bertz CT molecular complexity index is 815. The minimum absolute atomic E-state index is 0.00833. The summed E-state index contributed by atoms with van der Waals surface area (Å²) in [5.74, 6) is 1.53. The largest absolute Gasteiger partial charge is 0.497 e. The molecule has 0 saturated heterocycles. The third-order valence-electron chi connectivity index (χ3n) is 4.70. The zero-order valence-corrected chi connectivity index (χ0v) is 16.6. The summed E-state index contributed by atoms with van der Waals surface area (Å²) in [6.07, 6.45) is 1.40. The summed E-state index contributed by atoms with van der Waals surface area (Å²) in [6, 6.07) is 14.9. The van der Waals surface area contributed by atoms with Gasteiger partial charge in [-0.15, -0.1) is 0 Å². The fourth-order valence-electron chi connectivity index (χ4n) is 3.19. The van der Waals surface area contributed by atoms with Crippen molar-refractivity contribution in [3.05, 3.63) is 59.7 Å². The van der Waals surface area contributed by atoms with E-state index in [1.165, 1.54) is 0 Å². The Kier molecular flexibility index (Phi) is 6.53. The highest BCUT2D eigenvalue weighted by atomic mass is 16.6. The summed E-state index contributed by atoms with van der Waals surface area (Å²) >= 11 is 0. The van der Waals surface area contributed by atoms with Crippen LogP contribution in [0.25, 0.3) is 0 Å². The van der Waals surface area contributed by atoms with Gasteiger partial charge in [-0.05, 0) is 60.5 Å². The van der Waals surface area contributed by atoms with Crippen LogP contribution >= 0.6 is 0 Å². The molecular formula is C22H26N2O4. The molecule has 0 radical (unpaired) electrons. The number of carbonyl (C=O) groups is 1. The highest BCUT2D eigenvalue weighted by Crippen LogP contribution is 2.21. The quantitative estimate of drug-likeness (QED) is 0.698. The third-order valence-corrected chi connectivity index (χ3v) is 4.70. The Hall–Kier alpha value is -3.02. The molecule has 3 rings (SSSR count). The molecule has 0 saturated carbocycles. The third kappa shape index (κ3) is 4.63. The van der Waals surface area contributed by atoms with Crippen molar-refractivity contribution in [2.24, 2.45) is 5.16 Å². The Morgan fingerprint density at radius 2 is 1.68 bits per heavy atom. The summed E-state index contributed by atoms with van der Waals surface area (Å²) in [6.45, 7) is 3.23. The first kappa shape index (κ1) is 19.7. The fraction of sp³-hybridized carbons (Fsp3) is 0.364. The topological polar surface area (TPSA) is 60.4 Å². The number of rotatable bonds is 8. The molecule has 0 fully saturated rings. The maximum Gasteiger partial charge on any atom is 0.253 e. The fourth-order valence-corrected chi connectivity index (χ4v) is 3.19. The lowest BCUT2D eigenvalue weighted by Gasteiger charge is -2.24. The number of oxime groups is 1. The van der Waals surface area contributed by atoms with Crippen LogP contribution in [0, 0.1) is 0 Å². The van der Waals surface area contributed by atoms with E-state index in [1.807, 2.05) is 29.2 Å². The van der Waals surface area contributed by atoms with Gasteiger partial charge in [-0.1, -0.05) is 12.1 Å². The number of ether oxygens (including phenoxy) is 2. The van der Waals surface area contributed by atoms with Gasteiger partial charge in [-0.3, -0.25) is 4.79 Å². The number of carbonyl (C=O) groups excluding carboxylic acids is 1. The molecule has 1 heterocycles. The molecule has 0 unspecified atom stereocenters. The number of nitrogens with zero attached hydrogens (tertiary/aromatic N) is 2. The van der Waals surface area contributed by atoms with Crippen molar-refractivity contribution in [2.75, 3.05) is 27.3 Å². The van der Waals surface area contributed by atoms with E-state index in [9.17, 15) is 4.79 Å². The van der Waals surface area contributed by atoms with Crippen LogP contribution in [0.5, 0.6) is 11.5 Å². The van der Waals surface area contributed by atoms with Gasteiger partial charge in [-0.25, -0.2) is 0 Å². The maximum atomic E-state index is 12.9. The number of amides is 1. The van der Waals surface area contributed by atoms with Gasteiger partial charge in [0.05, 0.1) is 26.5 Å². The normalized spacial score (nSPS) is 15.5. The lowest BCUT2D eigenvalue weighted by molar-refractivity contribution is 0.0423. The number of hydrogen-bond acceptors (Lipinski definition) is 5. The molecule has 6 heteroatoms. The Labute approximate surface area is 165 Å². The Morgan fingerprint density at radius 3 is 2.25 bits per heavy atom. The average molecular weight is 382 g/mol. The van der Waals surface area contributed by atoms with Gasteiger partial charge in [0.15, 0.2) is 6.10 Å². The number of benzene rings is 2. The molecule has 0 N–H and O–H groups in total. The molecule has 2 aromatic carbocycles. The molecule has 1 amide bonds. The van der Waals surface area contributed by atoms with Crippen LogP contribution in [0.4, 0.5) is 0 Å². The maximum absolute atomic E-state index is 12.9. The zero-order valence-electron chi connectivity index (χ0n) is 16.6. The molecule has 28 heavy (non-hydrogen) atoms. The van der Waals surface area contributed by atoms with E-state index in [4.69, 9.17) is 14.3 Å². The van der Waals surface area contributed by atoms with E-state index in [0.717, 1.165) is 29.2 Å². The van der Waals surface area contributed by atoms with Crippen molar-refractivity contribution < 1.29 is 19.1 Å². The summed E-state index contributed by atoms with van der Waals surface area (Å²) in [4.78, 5) is 20.4. The van der Waals surface area contributed by atoms with Crippen LogP contribution < -0.4 is 9.47 Å². The lowest BCUT2D eigenvalue weighted by atomic mass is 10.0. The number of methoxy groups -OCH3 is 2. The van der Waals surface area contributed by atoms with Crippen molar-refractivity contribution >= 4 is 11.6 Å². The van der Waals surface area contributed by atoms with Gasteiger partial charge in [0, 0.05) is 18.5 Å². The average Bonchev–Trinajstić information content (AvgIpc) is 3.21. The van der Waals surface area contributed by atoms with E-state index in [2.05, 4.69) is 12.1 Å². The first-order valence-corrected chi connectivity index (χ1v) is 9.45. The highest BCUT2D eigenvalue weighted by Gasteiger charge is 2.27. The van der Waals surface area contributed by atoms with Crippen molar-refractivity contribution in [3.8, 4) is 11.5 Å². The van der Waals surface area contributed by atoms with Crippen LogP contribution in [0.1, 0.15) is 35.7 Å². The number of hydrogen-bond donors (Lipinski definition) is 0. The van der Waals surface area contributed by atoms with Gasteiger partial charge in [0.25, 0.3) is 5.91 Å². The first-order chi connectivity index (χ1) is 13.6. The second-order valence-electron chi connectivity index (χ2n) is 6.68. The van der Waals surface area contributed by atoms with Gasteiger partial charge in [-0.2, -0.15) is 0 Å². The predicted octanol–water partition coefficient (Wildman–Crippen LogP) is 3.75. The smallest absolute Gasteiger partial charge is 0.253 e. The summed E-state index contributed by atoms with van der Waals surface area (Å²) in [5, 5.41) is 4.23. The standard InChI is InChI=1S/C22H26N2O4/c1-4-13-24(22(25)17-7-11-19(27-3)12-8-17)15-20-14-21(23-28-20)16-5-9-18(26-2)10-6-16/h5-12,20H,4,13-15H2,1-3H3/t20-/m0/s1. The monoisotopic (exact) mass is 382 g/mol. The molecule has 0 aliphatic carbocycles. The predicted molar refractivity (Wildman–Crippen MR) is 108 cm³/mol. The lowest BCUT2D eigenvalue weighted by Crippen LogP contribution is -2.38. The molecule has 2 aromatic rings. The van der Waals surface area contributed by atoms with E-state index >= 15 is 0 Å². The van der Waals surface area contributed by atoms with Crippen molar-refractivity contribution in [3.63, 3.8) is 0 Å². The van der Waals surface area contributed by atoms with Crippen molar-refractivity contribution in [1.82, 2.24) is 4.90 Å². The molecule has 1 aliphatic rings. The zero-order chi connectivity index (χ0) is 19.9. The summed E-state index contributed by atoms with van der Waals surface area (Å²) < 4.78 is 10.4. The Morgan fingerprint density at radius 1 is 1.07 bits per heavy atom. The summed E-state index contributed by atoms with van der Waals surface area (Å²) in [7, 11) is 3.25. The van der Waals surface area contributed by atoms with Gasteiger partial charge in [0.2, 0.25) is 0 Å². The molecule has 1 aliphatic heterocycles. The van der Waals surface area contributed by atoms with Crippen molar-refractivity contribution in [1.29, 1.82) is 0 Å². The summed E-state index contributed by atoms with van der Waals surface area (Å²) in [5.41, 5.74) is 2.54. The molecule has 148 valence electrons. The van der Waals surface area contributed by atoms with Crippen LogP contribution in [-0.2, 0) is 4.84 Å². The molecule has 0 spiro atoms. The molecule has 6 nitrogen and oxygen atoms in total. The van der Waals surface area contributed by atoms with E-state index in [-0.39, 0.29) is 12.0 Å². The minimum atomic E-state index is -0.147. The molecular weight excluding hydrogens is 356 g/mol. The SMILES string of the molecule is CCCN(C[C@@H]1CC(c2ccc(OC)cc2)=NO1)C(=O)c1ccc(OC)cc1. The van der Waals surface area contributed by atoms with Crippen molar-refractivity contribution in [2.45, 2.75) is 25.9 Å².